The molecule has 24 heavy (non-hydrogen) atoms. The zero-order valence-electron chi connectivity index (χ0n) is 13.8. The van der Waals surface area contributed by atoms with Crippen molar-refractivity contribution in [2.24, 2.45) is 7.05 Å². The maximum Gasteiger partial charge on any atom is 0.200 e. The van der Waals surface area contributed by atoms with Crippen LogP contribution in [0.4, 0.5) is 0 Å². The fourth-order valence-electron chi connectivity index (χ4n) is 3.19. The molecule has 3 rings (SSSR count). The van der Waals surface area contributed by atoms with Crippen LogP contribution in [0.25, 0.3) is 16.7 Å². The molecule has 5 nitrogen and oxygen atoms in total. The monoisotopic (exact) mass is 325 g/mol. The van der Waals surface area contributed by atoms with E-state index < -0.39 is 22.6 Å². The van der Waals surface area contributed by atoms with Crippen LogP contribution in [0.5, 0.6) is 0 Å². The first-order chi connectivity index (χ1) is 11.3. The topological polar surface area (TPSA) is 79.5 Å². The molecule has 1 heterocycles. The Morgan fingerprint density at radius 3 is 2.58 bits per heavy atom. The average molecular weight is 325 g/mol. The standard InChI is InChI=1S/C19H19NO4/c1-11(2)8-9-19(24)15(22)10-14(21)16-17(23)12-6-4-5-7-13(12)20(3)18(16)19/h4-8,10,21,24H,9H2,1-3H3. The molecule has 1 aromatic carbocycles. The number of benzene rings is 1. The molecule has 0 amide bonds. The van der Waals surface area contributed by atoms with Crippen LogP contribution in [0.3, 0.4) is 0 Å². The summed E-state index contributed by atoms with van der Waals surface area (Å²) in [7, 11) is 1.68. The Bertz CT molecular complexity index is 977. The van der Waals surface area contributed by atoms with E-state index in [9.17, 15) is 19.8 Å². The summed E-state index contributed by atoms with van der Waals surface area (Å²) in [5.41, 5.74) is -0.608. The zero-order chi connectivity index (χ0) is 17.6. The van der Waals surface area contributed by atoms with Crippen molar-refractivity contribution in [3.8, 4) is 0 Å². The van der Waals surface area contributed by atoms with E-state index in [0.717, 1.165) is 11.6 Å². The number of para-hydroxylation sites is 1. The van der Waals surface area contributed by atoms with Gasteiger partial charge in [-0.3, -0.25) is 9.59 Å². The second-order valence-corrected chi connectivity index (χ2v) is 6.37. The highest BCUT2D eigenvalue weighted by Crippen LogP contribution is 2.37. The van der Waals surface area contributed by atoms with Crippen molar-refractivity contribution in [1.29, 1.82) is 0 Å². The van der Waals surface area contributed by atoms with E-state index in [2.05, 4.69) is 0 Å². The number of ketones is 1. The molecule has 2 N–H and O–H groups in total. The van der Waals surface area contributed by atoms with Gasteiger partial charge in [-0.25, -0.2) is 0 Å². The fourth-order valence-corrected chi connectivity index (χ4v) is 3.19. The Hall–Kier alpha value is -2.66. The van der Waals surface area contributed by atoms with Gasteiger partial charge in [-0.15, -0.1) is 0 Å². The third-order valence-electron chi connectivity index (χ3n) is 4.44. The van der Waals surface area contributed by atoms with Crippen LogP contribution in [0.2, 0.25) is 0 Å². The summed E-state index contributed by atoms with van der Waals surface area (Å²) in [5.74, 6) is -1.03. The van der Waals surface area contributed by atoms with E-state index >= 15 is 0 Å². The largest absolute Gasteiger partial charge is 0.507 e. The van der Waals surface area contributed by atoms with Gasteiger partial charge in [0, 0.05) is 24.9 Å². The Morgan fingerprint density at radius 1 is 1.25 bits per heavy atom. The van der Waals surface area contributed by atoms with Crippen molar-refractivity contribution in [3.63, 3.8) is 0 Å². The minimum absolute atomic E-state index is 0.0135. The molecule has 2 aromatic rings. The molecule has 1 aliphatic carbocycles. The van der Waals surface area contributed by atoms with Gasteiger partial charge in [0.2, 0.25) is 5.43 Å². The highest BCUT2D eigenvalue weighted by molar-refractivity contribution is 6.06. The van der Waals surface area contributed by atoms with Gasteiger partial charge in [-0.2, -0.15) is 0 Å². The number of aromatic nitrogens is 1. The van der Waals surface area contributed by atoms with Crippen LogP contribution < -0.4 is 5.43 Å². The van der Waals surface area contributed by atoms with Gasteiger partial charge in [0.25, 0.3) is 0 Å². The lowest BCUT2D eigenvalue weighted by atomic mass is 9.81. The summed E-state index contributed by atoms with van der Waals surface area (Å²) in [5, 5.41) is 21.7. The SMILES string of the molecule is CC(C)=CCC1(O)C(=O)C=C(O)c2c1n(C)c1ccccc1c2=O. The number of hydrogen-bond donors (Lipinski definition) is 2. The maximum absolute atomic E-state index is 12.8. The highest BCUT2D eigenvalue weighted by Gasteiger charge is 2.44. The first-order valence-electron chi connectivity index (χ1n) is 7.71. The molecule has 0 bridgehead atoms. The Balaban J connectivity index is 2.45. The molecular weight excluding hydrogens is 306 g/mol. The number of rotatable bonds is 2. The normalized spacial score (nSPS) is 19.8. The predicted molar refractivity (Wildman–Crippen MR) is 92.7 cm³/mol. The molecule has 1 aromatic heterocycles. The van der Waals surface area contributed by atoms with Crippen molar-refractivity contribution in [2.45, 2.75) is 25.9 Å². The predicted octanol–water partition coefficient (Wildman–Crippen LogP) is 2.56. The molecule has 5 heteroatoms. The number of nitrogens with zero attached hydrogens (tertiary/aromatic N) is 1. The summed E-state index contributed by atoms with van der Waals surface area (Å²) < 4.78 is 1.62. The summed E-state index contributed by atoms with van der Waals surface area (Å²) >= 11 is 0. The van der Waals surface area contributed by atoms with Crippen LogP contribution in [-0.2, 0) is 17.4 Å². The number of aliphatic hydroxyl groups excluding tert-OH is 1. The van der Waals surface area contributed by atoms with Gasteiger partial charge in [0.1, 0.15) is 5.76 Å². The van der Waals surface area contributed by atoms with E-state index in [-0.39, 0.29) is 17.7 Å². The van der Waals surface area contributed by atoms with Crippen LogP contribution in [-0.4, -0.2) is 20.6 Å². The Kier molecular flexibility index (Phi) is 3.68. The van der Waals surface area contributed by atoms with E-state index in [1.807, 2.05) is 13.8 Å². The molecule has 0 aliphatic heterocycles. The molecular formula is C19H19NO4. The van der Waals surface area contributed by atoms with Crippen molar-refractivity contribution in [2.75, 3.05) is 0 Å². The van der Waals surface area contributed by atoms with Gasteiger partial charge in [0.05, 0.1) is 16.8 Å². The zero-order valence-corrected chi connectivity index (χ0v) is 13.8. The molecule has 0 saturated carbocycles. The molecule has 0 saturated heterocycles. The van der Waals surface area contributed by atoms with E-state index in [1.54, 1.807) is 42.0 Å². The highest BCUT2D eigenvalue weighted by atomic mass is 16.3. The fraction of sp³-hybridized carbons (Fsp3) is 0.263. The third kappa shape index (κ3) is 2.20. The van der Waals surface area contributed by atoms with Crippen LogP contribution >= 0.6 is 0 Å². The maximum atomic E-state index is 12.8. The number of aliphatic hydroxyl groups is 2. The molecule has 1 unspecified atom stereocenters. The van der Waals surface area contributed by atoms with E-state index in [0.29, 0.717) is 10.9 Å². The molecule has 1 aliphatic rings. The van der Waals surface area contributed by atoms with Crippen molar-refractivity contribution >= 4 is 22.4 Å². The van der Waals surface area contributed by atoms with Gasteiger partial charge in [0.15, 0.2) is 11.4 Å². The van der Waals surface area contributed by atoms with Gasteiger partial charge in [-0.05, 0) is 26.0 Å². The van der Waals surface area contributed by atoms with Crippen molar-refractivity contribution < 1.29 is 15.0 Å². The number of fused-ring (bicyclic) bond motifs is 2. The van der Waals surface area contributed by atoms with Crippen molar-refractivity contribution in [1.82, 2.24) is 4.57 Å². The van der Waals surface area contributed by atoms with E-state index in [1.165, 1.54) is 0 Å². The van der Waals surface area contributed by atoms with Gasteiger partial charge < -0.3 is 14.8 Å². The summed E-state index contributed by atoms with van der Waals surface area (Å²) in [6.07, 6.45) is 2.73. The number of hydrogen-bond acceptors (Lipinski definition) is 4. The molecule has 1 atom stereocenters. The van der Waals surface area contributed by atoms with Gasteiger partial charge in [-0.1, -0.05) is 23.8 Å². The minimum atomic E-state index is -1.88. The van der Waals surface area contributed by atoms with Gasteiger partial charge >= 0.3 is 0 Å². The number of pyridine rings is 1. The lowest BCUT2D eigenvalue weighted by Gasteiger charge is -2.32. The van der Waals surface area contributed by atoms with Crippen molar-refractivity contribution in [3.05, 3.63) is 63.5 Å². The molecule has 0 radical (unpaired) electrons. The smallest absolute Gasteiger partial charge is 0.200 e. The Morgan fingerprint density at radius 2 is 1.92 bits per heavy atom. The third-order valence-corrected chi connectivity index (χ3v) is 4.44. The summed E-state index contributed by atoms with van der Waals surface area (Å²) in [6.45, 7) is 3.73. The number of carbonyl (C=O) groups is 1. The first-order valence-corrected chi connectivity index (χ1v) is 7.71. The van der Waals surface area contributed by atoms with Crippen LogP contribution in [0.15, 0.2) is 46.8 Å². The van der Waals surface area contributed by atoms with Crippen LogP contribution in [0.1, 0.15) is 31.5 Å². The molecule has 124 valence electrons. The van der Waals surface area contributed by atoms with E-state index in [4.69, 9.17) is 0 Å². The van der Waals surface area contributed by atoms with Crippen LogP contribution in [0, 0.1) is 0 Å². The molecule has 0 spiro atoms. The first kappa shape index (κ1) is 16.2. The lowest BCUT2D eigenvalue weighted by Crippen LogP contribution is -2.42. The second-order valence-electron chi connectivity index (χ2n) is 6.37. The summed E-state index contributed by atoms with van der Waals surface area (Å²) in [4.78, 5) is 25.3. The summed E-state index contributed by atoms with van der Waals surface area (Å²) in [6, 6.07) is 6.93. The Labute approximate surface area is 139 Å². The number of allylic oxidation sites excluding steroid dienone is 1. The number of carbonyl (C=O) groups excluding carboxylic acids is 1. The number of aryl methyl sites for hydroxylation is 1. The molecule has 0 fully saturated rings. The average Bonchev–Trinajstić information content (AvgIpc) is 2.54. The minimum Gasteiger partial charge on any atom is -0.507 e. The lowest BCUT2D eigenvalue weighted by molar-refractivity contribution is -0.133. The quantitative estimate of drug-likeness (QED) is 0.832. The second kappa shape index (κ2) is 5.46.